The zero-order valence-electron chi connectivity index (χ0n) is 10.9. The first-order chi connectivity index (χ1) is 8.55. The molecule has 1 rings (SSSR count). The van der Waals surface area contributed by atoms with Crippen LogP contribution < -0.4 is 5.32 Å². The molecule has 0 unspecified atom stereocenters. The van der Waals surface area contributed by atoms with Crippen LogP contribution in [0, 0.1) is 0 Å². The molecule has 0 saturated carbocycles. The Labute approximate surface area is 115 Å². The van der Waals surface area contributed by atoms with Gasteiger partial charge in [-0.05, 0) is 32.0 Å². The molecule has 0 aliphatic carbocycles. The van der Waals surface area contributed by atoms with Crippen LogP contribution in [-0.2, 0) is 14.6 Å². The van der Waals surface area contributed by atoms with Gasteiger partial charge in [-0.25, -0.2) is 8.42 Å². The lowest BCUT2D eigenvalue weighted by molar-refractivity contribution is 0.145. The molecule has 0 atom stereocenters. The Balaban J connectivity index is 2.25. The third kappa shape index (κ3) is 5.97. The predicted molar refractivity (Wildman–Crippen MR) is 76.6 cm³/mol. The van der Waals surface area contributed by atoms with Gasteiger partial charge in [0.2, 0.25) is 0 Å². The molecule has 1 heterocycles. The van der Waals surface area contributed by atoms with Gasteiger partial charge >= 0.3 is 0 Å². The molecule has 1 N–H and O–H groups in total. The fourth-order valence-electron chi connectivity index (χ4n) is 1.77. The summed E-state index contributed by atoms with van der Waals surface area (Å²) >= 11 is 5.27. The molecule has 1 aliphatic heterocycles. The van der Waals surface area contributed by atoms with Gasteiger partial charge in [0.05, 0.1) is 11.5 Å². The fourth-order valence-corrected chi connectivity index (χ4v) is 3.32. The number of thiocarbonyl (C=S) groups is 1. The first-order valence-electron chi connectivity index (χ1n) is 6.36. The van der Waals surface area contributed by atoms with Crippen molar-refractivity contribution in [3.8, 4) is 0 Å². The second-order valence-electron chi connectivity index (χ2n) is 4.27. The summed E-state index contributed by atoms with van der Waals surface area (Å²) in [6, 6.07) is 0. The van der Waals surface area contributed by atoms with Crippen LogP contribution in [-0.4, -0.2) is 62.8 Å². The summed E-state index contributed by atoms with van der Waals surface area (Å²) in [6.45, 7) is 5.41. The van der Waals surface area contributed by atoms with Crippen molar-refractivity contribution in [2.24, 2.45) is 0 Å². The van der Waals surface area contributed by atoms with Gasteiger partial charge in [0, 0.05) is 32.8 Å². The van der Waals surface area contributed by atoms with Gasteiger partial charge in [-0.3, -0.25) is 0 Å². The molecule has 0 spiro atoms. The summed E-state index contributed by atoms with van der Waals surface area (Å²) in [7, 11) is -2.87. The summed E-state index contributed by atoms with van der Waals surface area (Å²) in [5.74, 6) is 0.476. The topological polar surface area (TPSA) is 58.6 Å². The quantitative estimate of drug-likeness (QED) is 0.585. The molecule has 1 aliphatic rings. The van der Waals surface area contributed by atoms with E-state index in [1.807, 2.05) is 11.8 Å². The lowest BCUT2D eigenvalue weighted by Crippen LogP contribution is -2.41. The fraction of sp³-hybridized carbons (Fsp3) is 0.909. The third-order valence-electron chi connectivity index (χ3n) is 2.79. The SMILES string of the molecule is CCOCCCNC(=S)N1CCCS(=O)(=O)CC1. The van der Waals surface area contributed by atoms with Crippen LogP contribution in [0.15, 0.2) is 0 Å². The minimum absolute atomic E-state index is 0.202. The van der Waals surface area contributed by atoms with Gasteiger partial charge in [-0.15, -0.1) is 0 Å². The Morgan fingerprint density at radius 1 is 1.39 bits per heavy atom. The molecule has 0 aromatic rings. The maximum Gasteiger partial charge on any atom is 0.168 e. The van der Waals surface area contributed by atoms with Crippen molar-refractivity contribution < 1.29 is 13.2 Å². The van der Waals surface area contributed by atoms with E-state index in [0.29, 0.717) is 18.1 Å². The molecule has 18 heavy (non-hydrogen) atoms. The Kier molecular flexibility index (Phi) is 6.88. The molecule has 0 bridgehead atoms. The minimum Gasteiger partial charge on any atom is -0.382 e. The Bertz CT molecular complexity index is 357. The van der Waals surface area contributed by atoms with Crippen LogP contribution in [0.3, 0.4) is 0 Å². The third-order valence-corrected chi connectivity index (χ3v) is 4.91. The van der Waals surface area contributed by atoms with E-state index < -0.39 is 9.84 Å². The number of hydrogen-bond acceptors (Lipinski definition) is 4. The van der Waals surface area contributed by atoms with Gasteiger partial charge in [0.25, 0.3) is 0 Å². The number of ether oxygens (including phenoxy) is 1. The van der Waals surface area contributed by atoms with Crippen molar-refractivity contribution in [3.63, 3.8) is 0 Å². The largest absolute Gasteiger partial charge is 0.382 e. The predicted octanol–water partition coefficient (Wildman–Crippen LogP) is 0.408. The van der Waals surface area contributed by atoms with Crippen LogP contribution in [0.1, 0.15) is 19.8 Å². The summed E-state index contributed by atoms with van der Waals surface area (Å²) in [5.41, 5.74) is 0. The summed E-state index contributed by atoms with van der Waals surface area (Å²) in [6.07, 6.45) is 1.56. The number of hydrogen-bond donors (Lipinski definition) is 1. The van der Waals surface area contributed by atoms with Gasteiger partial charge in [-0.2, -0.15) is 0 Å². The second-order valence-corrected chi connectivity index (χ2v) is 6.97. The van der Waals surface area contributed by atoms with Crippen LogP contribution in [0.4, 0.5) is 0 Å². The molecule has 0 aromatic carbocycles. The van der Waals surface area contributed by atoms with E-state index in [9.17, 15) is 8.42 Å². The molecule has 0 radical (unpaired) electrons. The van der Waals surface area contributed by atoms with E-state index in [4.69, 9.17) is 17.0 Å². The van der Waals surface area contributed by atoms with Crippen molar-refractivity contribution in [1.82, 2.24) is 10.2 Å². The molecule has 1 fully saturated rings. The van der Waals surface area contributed by atoms with E-state index in [1.165, 1.54) is 0 Å². The number of nitrogens with one attached hydrogen (secondary N) is 1. The monoisotopic (exact) mass is 294 g/mol. The molecule has 1 saturated heterocycles. The van der Waals surface area contributed by atoms with Crippen molar-refractivity contribution in [2.75, 3.05) is 44.4 Å². The molecule has 0 amide bonds. The maximum atomic E-state index is 11.5. The van der Waals surface area contributed by atoms with Crippen molar-refractivity contribution in [3.05, 3.63) is 0 Å². The van der Waals surface area contributed by atoms with Crippen molar-refractivity contribution >= 4 is 27.2 Å². The molecule has 7 heteroatoms. The van der Waals surface area contributed by atoms with Gasteiger partial charge in [0.15, 0.2) is 14.9 Å². The van der Waals surface area contributed by atoms with Crippen molar-refractivity contribution in [1.29, 1.82) is 0 Å². The highest BCUT2D eigenvalue weighted by atomic mass is 32.2. The smallest absolute Gasteiger partial charge is 0.168 e. The standard InChI is InChI=1S/C11H22N2O3S2/c1-2-16-8-3-5-12-11(17)13-6-4-9-18(14,15)10-7-13/h2-10H2,1H3,(H,12,17). The molecular formula is C11H22N2O3S2. The molecule has 106 valence electrons. The van der Waals surface area contributed by atoms with Gasteiger partial charge in [0.1, 0.15) is 0 Å². The van der Waals surface area contributed by atoms with Crippen LogP contribution in [0.5, 0.6) is 0 Å². The van der Waals surface area contributed by atoms with Gasteiger partial charge in [-0.1, -0.05) is 0 Å². The number of rotatable bonds is 5. The summed E-state index contributed by atoms with van der Waals surface area (Å²) in [5, 5.41) is 3.81. The van der Waals surface area contributed by atoms with Crippen LogP contribution >= 0.6 is 12.2 Å². The zero-order chi connectivity index (χ0) is 13.4. The van der Waals surface area contributed by atoms with Crippen LogP contribution in [0.2, 0.25) is 0 Å². The average molecular weight is 294 g/mol. The Morgan fingerprint density at radius 3 is 2.89 bits per heavy atom. The first-order valence-corrected chi connectivity index (χ1v) is 8.59. The first kappa shape index (κ1) is 15.7. The number of nitrogens with zero attached hydrogens (tertiary/aromatic N) is 1. The molecule has 5 nitrogen and oxygen atoms in total. The lowest BCUT2D eigenvalue weighted by atomic mass is 10.4. The normalized spacial score (nSPS) is 19.3. The molecule has 0 aromatic heterocycles. The van der Waals surface area contributed by atoms with E-state index in [2.05, 4.69) is 5.32 Å². The highest BCUT2D eigenvalue weighted by molar-refractivity contribution is 7.91. The van der Waals surface area contributed by atoms with E-state index in [0.717, 1.165) is 32.7 Å². The average Bonchev–Trinajstić information content (AvgIpc) is 2.50. The van der Waals surface area contributed by atoms with Gasteiger partial charge < -0.3 is 15.0 Å². The Hall–Kier alpha value is -0.400. The number of sulfone groups is 1. The maximum absolute atomic E-state index is 11.5. The Morgan fingerprint density at radius 2 is 2.17 bits per heavy atom. The second kappa shape index (κ2) is 7.91. The highest BCUT2D eigenvalue weighted by Gasteiger charge is 2.20. The van der Waals surface area contributed by atoms with E-state index in [1.54, 1.807) is 0 Å². The van der Waals surface area contributed by atoms with E-state index in [-0.39, 0.29) is 11.5 Å². The van der Waals surface area contributed by atoms with E-state index >= 15 is 0 Å². The van der Waals surface area contributed by atoms with Crippen LogP contribution in [0.25, 0.3) is 0 Å². The molecular weight excluding hydrogens is 272 g/mol. The zero-order valence-corrected chi connectivity index (χ0v) is 12.5. The minimum atomic E-state index is -2.87. The van der Waals surface area contributed by atoms with Crippen molar-refractivity contribution in [2.45, 2.75) is 19.8 Å². The summed E-state index contributed by atoms with van der Waals surface area (Å²) in [4.78, 5) is 1.95. The lowest BCUT2D eigenvalue weighted by Gasteiger charge is -2.23. The summed E-state index contributed by atoms with van der Waals surface area (Å²) < 4.78 is 28.2. The highest BCUT2D eigenvalue weighted by Crippen LogP contribution is 2.05.